The van der Waals surface area contributed by atoms with E-state index in [1.165, 1.54) is 19.2 Å². The molecule has 0 radical (unpaired) electrons. The number of rotatable bonds is 5. The Morgan fingerprint density at radius 2 is 1.56 bits per heavy atom. The first-order chi connectivity index (χ1) is 15.5. The topological polar surface area (TPSA) is 115 Å². The van der Waals surface area contributed by atoms with Crippen LogP contribution in [0.5, 0.6) is 17.2 Å². The number of nitrogens with one attached hydrogen (secondary N) is 3. The Morgan fingerprint density at radius 3 is 2.31 bits per heavy atom. The van der Waals surface area contributed by atoms with E-state index in [1.54, 1.807) is 48.5 Å². The molecule has 0 fully saturated rings. The maximum absolute atomic E-state index is 12.5. The van der Waals surface area contributed by atoms with Gasteiger partial charge in [-0.2, -0.15) is 0 Å². The number of anilines is 2. The van der Waals surface area contributed by atoms with E-state index in [0.717, 1.165) is 0 Å². The van der Waals surface area contributed by atoms with Gasteiger partial charge in [0.05, 0.1) is 7.11 Å². The predicted molar refractivity (Wildman–Crippen MR) is 116 cm³/mol. The number of fused-ring (bicyclic) bond motifs is 1. The van der Waals surface area contributed by atoms with Crippen LogP contribution in [0, 0.1) is 0 Å². The third-order valence-electron chi connectivity index (χ3n) is 4.56. The summed E-state index contributed by atoms with van der Waals surface area (Å²) in [5, 5.41) is 7.57. The molecule has 0 atom stereocenters. The number of methoxy groups -OCH3 is 1. The number of amides is 4. The quantitative estimate of drug-likeness (QED) is 0.566. The van der Waals surface area contributed by atoms with Gasteiger partial charge >= 0.3 is 6.03 Å². The molecule has 0 bridgehead atoms. The Kier molecular flexibility index (Phi) is 5.89. The summed E-state index contributed by atoms with van der Waals surface area (Å²) in [6.07, 6.45) is 0. The Hall–Kier alpha value is -4.53. The van der Waals surface area contributed by atoms with Crippen molar-refractivity contribution >= 4 is 29.2 Å². The van der Waals surface area contributed by atoms with Crippen LogP contribution in [-0.4, -0.2) is 31.7 Å². The van der Waals surface area contributed by atoms with Crippen molar-refractivity contribution < 1.29 is 28.6 Å². The summed E-state index contributed by atoms with van der Waals surface area (Å²) in [5.74, 6) is 0.166. The zero-order valence-corrected chi connectivity index (χ0v) is 17.0. The molecular formula is C23H19N3O6. The molecule has 3 aromatic rings. The van der Waals surface area contributed by atoms with Crippen LogP contribution in [0.15, 0.2) is 66.7 Å². The Labute approximate surface area is 183 Å². The van der Waals surface area contributed by atoms with Gasteiger partial charge < -0.3 is 24.8 Å². The first kappa shape index (κ1) is 20.7. The Morgan fingerprint density at radius 1 is 0.812 bits per heavy atom. The molecule has 9 nitrogen and oxygen atoms in total. The lowest BCUT2D eigenvalue weighted by molar-refractivity contribution is 0.0965. The summed E-state index contributed by atoms with van der Waals surface area (Å²) in [7, 11) is 1.44. The fourth-order valence-electron chi connectivity index (χ4n) is 3.07. The van der Waals surface area contributed by atoms with Gasteiger partial charge in [0.15, 0.2) is 11.5 Å². The molecule has 4 rings (SSSR count). The maximum Gasteiger partial charge on any atom is 0.326 e. The highest BCUT2D eigenvalue weighted by Crippen LogP contribution is 2.41. The van der Waals surface area contributed by atoms with Crippen molar-refractivity contribution in [2.45, 2.75) is 0 Å². The molecule has 0 saturated carbocycles. The highest BCUT2D eigenvalue weighted by molar-refractivity contribution is 6.09. The second kappa shape index (κ2) is 9.09. The molecule has 3 N–H and O–H groups in total. The van der Waals surface area contributed by atoms with Gasteiger partial charge in [-0.05, 0) is 42.5 Å². The summed E-state index contributed by atoms with van der Waals surface area (Å²) in [6.45, 7) is 0.0222. The van der Waals surface area contributed by atoms with Gasteiger partial charge in [-0.1, -0.05) is 24.3 Å². The number of imide groups is 1. The third-order valence-corrected chi connectivity index (χ3v) is 4.56. The largest absolute Gasteiger partial charge is 0.493 e. The first-order valence-corrected chi connectivity index (χ1v) is 9.60. The summed E-state index contributed by atoms with van der Waals surface area (Å²) in [5.41, 5.74) is 1.56. The average Bonchev–Trinajstić information content (AvgIpc) is 3.28. The maximum atomic E-state index is 12.5. The molecule has 1 heterocycles. The van der Waals surface area contributed by atoms with Crippen LogP contribution in [0.25, 0.3) is 0 Å². The van der Waals surface area contributed by atoms with E-state index in [9.17, 15) is 14.4 Å². The fraction of sp³-hybridized carbons (Fsp3) is 0.0870. The molecule has 162 valence electrons. The molecule has 0 spiro atoms. The number of carbonyl (C=O) groups is 3. The summed E-state index contributed by atoms with van der Waals surface area (Å²) in [6, 6.07) is 17.5. The lowest BCUT2D eigenvalue weighted by atomic mass is 10.1. The molecule has 0 aromatic heterocycles. The smallest absolute Gasteiger partial charge is 0.326 e. The second-order valence-electron chi connectivity index (χ2n) is 6.72. The monoisotopic (exact) mass is 433 g/mol. The number of carbonyl (C=O) groups excluding carboxylic acids is 3. The van der Waals surface area contributed by atoms with Gasteiger partial charge in [-0.15, -0.1) is 0 Å². The summed E-state index contributed by atoms with van der Waals surface area (Å²) in [4.78, 5) is 37.1. The molecular weight excluding hydrogens is 414 g/mol. The van der Waals surface area contributed by atoms with Gasteiger partial charge in [-0.25, -0.2) is 4.79 Å². The third kappa shape index (κ3) is 4.62. The number of ether oxygens (including phenoxy) is 3. The predicted octanol–water partition coefficient (Wildman–Crippen LogP) is 3.64. The van der Waals surface area contributed by atoms with Gasteiger partial charge in [0.1, 0.15) is 0 Å². The lowest BCUT2D eigenvalue weighted by Crippen LogP contribution is -2.34. The molecule has 4 amide bonds. The van der Waals surface area contributed by atoms with Crippen LogP contribution in [0.2, 0.25) is 0 Å². The van der Waals surface area contributed by atoms with Crippen molar-refractivity contribution in [2.75, 3.05) is 24.5 Å². The molecule has 0 saturated heterocycles. The van der Waals surface area contributed by atoms with Crippen LogP contribution in [0.1, 0.15) is 20.7 Å². The highest BCUT2D eigenvalue weighted by atomic mass is 16.7. The highest BCUT2D eigenvalue weighted by Gasteiger charge is 2.23. The van der Waals surface area contributed by atoms with Crippen LogP contribution in [0.4, 0.5) is 16.2 Å². The minimum Gasteiger partial charge on any atom is -0.493 e. The molecule has 32 heavy (non-hydrogen) atoms. The molecule has 0 unspecified atom stereocenters. The molecule has 0 aliphatic carbocycles. The van der Waals surface area contributed by atoms with Gasteiger partial charge in [0.25, 0.3) is 11.8 Å². The van der Waals surface area contributed by atoms with E-state index >= 15 is 0 Å². The minimum atomic E-state index is -0.738. The van der Waals surface area contributed by atoms with E-state index in [4.69, 9.17) is 14.2 Å². The number of hydrogen-bond acceptors (Lipinski definition) is 6. The van der Waals surface area contributed by atoms with Crippen molar-refractivity contribution in [3.63, 3.8) is 0 Å². The van der Waals surface area contributed by atoms with Crippen LogP contribution < -0.4 is 30.2 Å². The van der Waals surface area contributed by atoms with E-state index < -0.39 is 11.9 Å². The number of benzene rings is 3. The van der Waals surface area contributed by atoms with Gasteiger partial charge in [0.2, 0.25) is 12.5 Å². The van der Waals surface area contributed by atoms with Crippen molar-refractivity contribution in [3.05, 3.63) is 77.9 Å². The van der Waals surface area contributed by atoms with E-state index in [-0.39, 0.29) is 18.3 Å². The normalized spacial score (nSPS) is 11.4. The number of urea groups is 1. The second-order valence-corrected chi connectivity index (χ2v) is 6.72. The van der Waals surface area contributed by atoms with E-state index in [1.807, 2.05) is 6.07 Å². The molecule has 1 aliphatic heterocycles. The Bertz CT molecular complexity index is 1180. The number of hydrogen-bond donors (Lipinski definition) is 3. The molecule has 1 aliphatic rings. The summed E-state index contributed by atoms with van der Waals surface area (Å²) < 4.78 is 15.8. The van der Waals surface area contributed by atoms with Crippen molar-refractivity contribution in [1.29, 1.82) is 0 Å². The van der Waals surface area contributed by atoms with Crippen LogP contribution in [0.3, 0.4) is 0 Å². The Balaban J connectivity index is 1.40. The van der Waals surface area contributed by atoms with Gasteiger partial charge in [0, 0.05) is 22.5 Å². The minimum absolute atomic E-state index is 0.0222. The zero-order valence-electron chi connectivity index (χ0n) is 17.0. The van der Waals surface area contributed by atoms with Crippen LogP contribution >= 0.6 is 0 Å². The van der Waals surface area contributed by atoms with Crippen LogP contribution in [-0.2, 0) is 0 Å². The fourth-order valence-corrected chi connectivity index (χ4v) is 3.07. The zero-order chi connectivity index (χ0) is 22.5. The van der Waals surface area contributed by atoms with Crippen molar-refractivity contribution in [1.82, 2.24) is 5.32 Å². The van der Waals surface area contributed by atoms with E-state index in [2.05, 4.69) is 16.0 Å². The molecule has 3 aromatic carbocycles. The van der Waals surface area contributed by atoms with Gasteiger partial charge in [-0.3, -0.25) is 14.9 Å². The average molecular weight is 433 g/mol. The molecule has 9 heteroatoms. The van der Waals surface area contributed by atoms with Crippen molar-refractivity contribution in [3.8, 4) is 17.2 Å². The van der Waals surface area contributed by atoms with E-state index in [0.29, 0.717) is 34.2 Å². The van der Waals surface area contributed by atoms with Crippen molar-refractivity contribution in [2.24, 2.45) is 0 Å². The SMILES string of the molecule is COc1cc(C(=O)NC(=O)Nc2cccc(NC(=O)c3ccccc3)c2)cc2c1OCO2. The summed E-state index contributed by atoms with van der Waals surface area (Å²) >= 11 is 0. The standard InChI is InChI=1S/C23H19N3O6/c1-30-18-10-15(11-19-20(18)32-13-31-19)22(28)26-23(29)25-17-9-5-8-16(12-17)24-21(27)14-6-3-2-4-7-14/h2-12H,13H2,1H3,(H,24,27)(H2,25,26,28,29). The first-order valence-electron chi connectivity index (χ1n) is 9.60. The lowest BCUT2D eigenvalue weighted by Gasteiger charge is -2.11.